The van der Waals surface area contributed by atoms with Gasteiger partial charge in [0.15, 0.2) is 0 Å². The Morgan fingerprint density at radius 3 is 2.94 bits per heavy atom. The third kappa shape index (κ3) is 2.45. The molecule has 2 N–H and O–H groups in total. The Hall–Kier alpha value is -1.27. The predicted molar refractivity (Wildman–Crippen MR) is 61.8 cm³/mol. The van der Waals surface area contributed by atoms with Crippen molar-refractivity contribution in [3.05, 3.63) is 17.6 Å². The maximum absolute atomic E-state index is 5.95. The molecule has 0 amide bonds. The Balaban J connectivity index is 2.13. The molecular formula is C10H14N4OS. The van der Waals surface area contributed by atoms with E-state index in [9.17, 15) is 0 Å². The van der Waals surface area contributed by atoms with E-state index in [4.69, 9.17) is 10.3 Å². The predicted octanol–water partition coefficient (Wildman–Crippen LogP) is 2.24. The summed E-state index contributed by atoms with van der Waals surface area (Å²) in [6.45, 7) is 4.22. The SMILES string of the molecule is CC(C)CC(N)c1nc(-c2cncs2)no1. The smallest absolute Gasteiger partial charge is 0.243 e. The average molecular weight is 238 g/mol. The molecule has 2 heterocycles. The molecule has 0 spiro atoms. The van der Waals surface area contributed by atoms with Gasteiger partial charge in [-0.3, -0.25) is 4.98 Å². The molecule has 0 radical (unpaired) electrons. The van der Waals surface area contributed by atoms with Crippen molar-refractivity contribution in [2.45, 2.75) is 26.3 Å². The Morgan fingerprint density at radius 1 is 1.50 bits per heavy atom. The molecule has 0 saturated heterocycles. The zero-order valence-corrected chi connectivity index (χ0v) is 10.1. The van der Waals surface area contributed by atoms with Gasteiger partial charge in [-0.05, 0) is 12.3 Å². The van der Waals surface area contributed by atoms with Crippen molar-refractivity contribution >= 4 is 11.3 Å². The largest absolute Gasteiger partial charge is 0.337 e. The maximum atomic E-state index is 5.95. The molecule has 6 heteroatoms. The van der Waals surface area contributed by atoms with E-state index in [1.807, 2.05) is 0 Å². The van der Waals surface area contributed by atoms with Gasteiger partial charge in [0.1, 0.15) is 0 Å². The van der Waals surface area contributed by atoms with Gasteiger partial charge in [0.2, 0.25) is 11.7 Å². The molecule has 0 bridgehead atoms. The Bertz CT molecular complexity index is 437. The molecule has 2 aromatic heterocycles. The maximum Gasteiger partial charge on any atom is 0.243 e. The van der Waals surface area contributed by atoms with Crippen LogP contribution in [0.4, 0.5) is 0 Å². The van der Waals surface area contributed by atoms with Gasteiger partial charge in [0.05, 0.1) is 16.4 Å². The summed E-state index contributed by atoms with van der Waals surface area (Å²) in [6, 6.07) is -0.186. The summed E-state index contributed by atoms with van der Waals surface area (Å²) in [5, 5.41) is 3.89. The molecule has 1 atom stereocenters. The van der Waals surface area contributed by atoms with Crippen molar-refractivity contribution in [1.82, 2.24) is 15.1 Å². The summed E-state index contributed by atoms with van der Waals surface area (Å²) in [7, 11) is 0. The van der Waals surface area contributed by atoms with Crippen molar-refractivity contribution in [2.24, 2.45) is 11.7 Å². The first-order valence-electron chi connectivity index (χ1n) is 5.15. The number of nitrogens with zero attached hydrogens (tertiary/aromatic N) is 3. The van der Waals surface area contributed by atoms with E-state index < -0.39 is 0 Å². The number of rotatable bonds is 4. The highest BCUT2D eigenvalue weighted by Gasteiger charge is 2.17. The lowest BCUT2D eigenvalue weighted by atomic mass is 10.0. The highest BCUT2D eigenvalue weighted by Crippen LogP contribution is 2.23. The highest BCUT2D eigenvalue weighted by atomic mass is 32.1. The van der Waals surface area contributed by atoms with E-state index in [0.29, 0.717) is 17.6 Å². The second kappa shape index (κ2) is 4.71. The molecule has 2 rings (SSSR count). The fourth-order valence-corrected chi connectivity index (χ4v) is 1.97. The van der Waals surface area contributed by atoms with E-state index in [1.165, 1.54) is 11.3 Å². The summed E-state index contributed by atoms with van der Waals surface area (Å²) >= 11 is 1.48. The van der Waals surface area contributed by atoms with Gasteiger partial charge < -0.3 is 10.3 Å². The van der Waals surface area contributed by atoms with Crippen molar-refractivity contribution in [3.63, 3.8) is 0 Å². The molecule has 86 valence electrons. The molecule has 0 saturated carbocycles. The molecule has 5 nitrogen and oxygen atoms in total. The molecule has 0 fully saturated rings. The van der Waals surface area contributed by atoms with E-state index in [1.54, 1.807) is 11.7 Å². The van der Waals surface area contributed by atoms with Crippen LogP contribution in [0.3, 0.4) is 0 Å². The lowest BCUT2D eigenvalue weighted by Gasteiger charge is -2.08. The van der Waals surface area contributed by atoms with Gasteiger partial charge in [-0.2, -0.15) is 4.98 Å². The third-order valence-electron chi connectivity index (χ3n) is 2.14. The zero-order chi connectivity index (χ0) is 11.5. The minimum atomic E-state index is -0.186. The first kappa shape index (κ1) is 11.2. The van der Waals surface area contributed by atoms with E-state index in [-0.39, 0.29) is 6.04 Å². The van der Waals surface area contributed by atoms with Crippen LogP contribution in [-0.2, 0) is 0 Å². The second-order valence-electron chi connectivity index (χ2n) is 4.06. The van der Waals surface area contributed by atoms with Crippen LogP contribution in [0.15, 0.2) is 16.2 Å². The van der Waals surface area contributed by atoms with Gasteiger partial charge >= 0.3 is 0 Å². The van der Waals surface area contributed by atoms with E-state index >= 15 is 0 Å². The van der Waals surface area contributed by atoms with Crippen molar-refractivity contribution in [3.8, 4) is 10.7 Å². The molecular weight excluding hydrogens is 224 g/mol. The summed E-state index contributed by atoms with van der Waals surface area (Å²) in [6.07, 6.45) is 2.55. The minimum Gasteiger partial charge on any atom is -0.337 e. The number of aromatic nitrogens is 3. The number of hydrogen-bond acceptors (Lipinski definition) is 6. The van der Waals surface area contributed by atoms with Crippen LogP contribution < -0.4 is 5.73 Å². The quantitative estimate of drug-likeness (QED) is 0.883. The zero-order valence-electron chi connectivity index (χ0n) is 9.25. The van der Waals surface area contributed by atoms with Crippen molar-refractivity contribution in [1.29, 1.82) is 0 Å². The van der Waals surface area contributed by atoms with Gasteiger partial charge in [0.25, 0.3) is 0 Å². The van der Waals surface area contributed by atoms with Crippen molar-refractivity contribution in [2.75, 3.05) is 0 Å². The van der Waals surface area contributed by atoms with Crippen LogP contribution in [-0.4, -0.2) is 15.1 Å². The molecule has 16 heavy (non-hydrogen) atoms. The van der Waals surface area contributed by atoms with Crippen LogP contribution in [0.5, 0.6) is 0 Å². The molecule has 0 aliphatic heterocycles. The first-order valence-corrected chi connectivity index (χ1v) is 6.03. The molecule has 2 aromatic rings. The standard InChI is InChI=1S/C10H14N4OS/c1-6(2)3-7(11)10-13-9(14-15-10)8-4-12-5-16-8/h4-7H,3,11H2,1-2H3. The number of nitrogens with two attached hydrogens (primary N) is 1. The van der Waals surface area contributed by atoms with E-state index in [0.717, 1.165) is 11.3 Å². The third-order valence-corrected chi connectivity index (χ3v) is 2.91. The lowest BCUT2D eigenvalue weighted by Crippen LogP contribution is -2.13. The average Bonchev–Trinajstić information content (AvgIpc) is 2.87. The summed E-state index contributed by atoms with van der Waals surface area (Å²) in [4.78, 5) is 9.14. The second-order valence-corrected chi connectivity index (χ2v) is 4.94. The summed E-state index contributed by atoms with van der Waals surface area (Å²) in [5.41, 5.74) is 7.69. The van der Waals surface area contributed by atoms with Crippen molar-refractivity contribution < 1.29 is 4.52 Å². The van der Waals surface area contributed by atoms with Gasteiger partial charge in [-0.15, -0.1) is 11.3 Å². The van der Waals surface area contributed by atoms with Crippen LogP contribution in [0.2, 0.25) is 0 Å². The van der Waals surface area contributed by atoms with Gasteiger partial charge in [-0.1, -0.05) is 19.0 Å². The number of hydrogen-bond donors (Lipinski definition) is 1. The Labute approximate surface area is 97.7 Å². The fraction of sp³-hybridized carbons (Fsp3) is 0.500. The first-order chi connectivity index (χ1) is 7.66. The number of thiazole rings is 1. The normalized spacial score (nSPS) is 13.2. The summed E-state index contributed by atoms with van der Waals surface area (Å²) < 4.78 is 5.14. The molecule has 0 aromatic carbocycles. The highest BCUT2D eigenvalue weighted by molar-refractivity contribution is 7.13. The Kier molecular flexibility index (Phi) is 3.31. The fourth-order valence-electron chi connectivity index (χ4n) is 1.42. The monoisotopic (exact) mass is 238 g/mol. The van der Waals surface area contributed by atoms with E-state index in [2.05, 4.69) is 29.0 Å². The lowest BCUT2D eigenvalue weighted by molar-refractivity contribution is 0.335. The van der Waals surface area contributed by atoms with Crippen LogP contribution in [0, 0.1) is 5.92 Å². The van der Waals surface area contributed by atoms with Gasteiger partial charge in [-0.25, -0.2) is 0 Å². The van der Waals surface area contributed by atoms with Crippen LogP contribution in [0.1, 0.15) is 32.2 Å². The molecule has 0 aliphatic rings. The topological polar surface area (TPSA) is 77.8 Å². The summed E-state index contributed by atoms with van der Waals surface area (Å²) in [5.74, 6) is 1.57. The van der Waals surface area contributed by atoms with Crippen LogP contribution >= 0.6 is 11.3 Å². The van der Waals surface area contributed by atoms with Crippen LogP contribution in [0.25, 0.3) is 10.7 Å². The Morgan fingerprint density at radius 2 is 2.31 bits per heavy atom. The molecule has 0 aliphatic carbocycles. The molecule has 1 unspecified atom stereocenters. The van der Waals surface area contributed by atoms with Gasteiger partial charge in [0, 0.05) is 6.20 Å². The minimum absolute atomic E-state index is 0.186.